The van der Waals surface area contributed by atoms with Crippen LogP contribution in [0.2, 0.25) is 0 Å². The van der Waals surface area contributed by atoms with Gasteiger partial charge in [-0.1, -0.05) is 0 Å². The first-order chi connectivity index (χ1) is 9.64. The molecule has 1 fully saturated rings. The number of benzene rings is 1. The van der Waals surface area contributed by atoms with E-state index in [1.807, 2.05) is 41.5 Å². The molecule has 1 saturated heterocycles. The summed E-state index contributed by atoms with van der Waals surface area (Å²) in [5, 5.41) is 0. The van der Waals surface area contributed by atoms with Crippen LogP contribution in [0, 0.1) is 27.7 Å². The van der Waals surface area contributed by atoms with Gasteiger partial charge in [-0.2, -0.15) is 4.31 Å². The van der Waals surface area contributed by atoms with Crippen LogP contribution in [-0.4, -0.2) is 38.0 Å². The summed E-state index contributed by atoms with van der Waals surface area (Å²) in [6.07, 6.45) is -0.145. The molecule has 0 N–H and O–H groups in total. The summed E-state index contributed by atoms with van der Waals surface area (Å²) < 4.78 is 33.2. The van der Waals surface area contributed by atoms with Crippen LogP contribution in [0.4, 0.5) is 0 Å². The Morgan fingerprint density at radius 3 is 2.05 bits per heavy atom. The number of aryl methyl sites for hydroxylation is 1. The maximum atomic E-state index is 13.0. The molecule has 0 aliphatic carbocycles. The lowest BCUT2D eigenvalue weighted by Gasteiger charge is -2.35. The summed E-state index contributed by atoms with van der Waals surface area (Å²) in [5.41, 5.74) is 4.09. The molecule has 4 nitrogen and oxygen atoms in total. The molecule has 2 atom stereocenters. The van der Waals surface area contributed by atoms with Crippen LogP contribution in [0.1, 0.15) is 36.1 Å². The second kappa shape index (κ2) is 5.71. The molecule has 0 amide bonds. The van der Waals surface area contributed by atoms with E-state index in [1.165, 1.54) is 0 Å². The van der Waals surface area contributed by atoms with E-state index in [1.54, 1.807) is 10.4 Å². The van der Waals surface area contributed by atoms with Crippen molar-refractivity contribution < 1.29 is 13.2 Å². The van der Waals surface area contributed by atoms with Gasteiger partial charge in [-0.05, 0) is 69.9 Å². The summed E-state index contributed by atoms with van der Waals surface area (Å²) in [5.74, 6) is 0. The highest BCUT2D eigenvalue weighted by Gasteiger charge is 2.33. The lowest BCUT2D eigenvalue weighted by molar-refractivity contribution is -0.0440. The highest BCUT2D eigenvalue weighted by molar-refractivity contribution is 7.89. The van der Waals surface area contributed by atoms with Gasteiger partial charge in [0.05, 0.1) is 17.1 Å². The van der Waals surface area contributed by atoms with Crippen LogP contribution < -0.4 is 0 Å². The maximum Gasteiger partial charge on any atom is 0.243 e. The van der Waals surface area contributed by atoms with Crippen molar-refractivity contribution in [1.29, 1.82) is 0 Å². The molecule has 5 heteroatoms. The molecule has 1 aromatic rings. The maximum absolute atomic E-state index is 13.0. The van der Waals surface area contributed by atoms with Gasteiger partial charge in [0.2, 0.25) is 10.0 Å². The Morgan fingerprint density at radius 1 is 1.00 bits per heavy atom. The van der Waals surface area contributed by atoms with Crippen molar-refractivity contribution in [2.75, 3.05) is 13.1 Å². The molecular formula is C16H25NO3S. The number of hydrogen-bond acceptors (Lipinski definition) is 3. The van der Waals surface area contributed by atoms with Crippen LogP contribution in [0.5, 0.6) is 0 Å². The minimum absolute atomic E-state index is 0.0727. The first-order valence-electron chi connectivity index (χ1n) is 7.37. The molecule has 0 radical (unpaired) electrons. The van der Waals surface area contributed by atoms with Gasteiger partial charge in [0.25, 0.3) is 0 Å². The van der Waals surface area contributed by atoms with Gasteiger partial charge >= 0.3 is 0 Å². The van der Waals surface area contributed by atoms with Gasteiger partial charge in [-0.25, -0.2) is 8.42 Å². The normalized spacial score (nSPS) is 24.3. The summed E-state index contributed by atoms with van der Waals surface area (Å²) >= 11 is 0. The summed E-state index contributed by atoms with van der Waals surface area (Å²) in [7, 11) is -3.47. The first-order valence-corrected chi connectivity index (χ1v) is 8.81. The average Bonchev–Trinajstić information content (AvgIpc) is 2.39. The Kier molecular flexibility index (Phi) is 4.47. The van der Waals surface area contributed by atoms with Crippen molar-refractivity contribution in [2.24, 2.45) is 0 Å². The van der Waals surface area contributed by atoms with Gasteiger partial charge in [0.1, 0.15) is 0 Å². The molecule has 0 saturated carbocycles. The van der Waals surface area contributed by atoms with Gasteiger partial charge in [0, 0.05) is 13.1 Å². The van der Waals surface area contributed by atoms with E-state index in [0.717, 1.165) is 22.3 Å². The number of morpholine rings is 1. The smallest absolute Gasteiger partial charge is 0.243 e. The minimum atomic E-state index is -3.47. The first kappa shape index (κ1) is 16.5. The lowest BCUT2D eigenvalue weighted by Crippen LogP contribution is -2.48. The van der Waals surface area contributed by atoms with Crippen molar-refractivity contribution in [3.8, 4) is 0 Å². The molecule has 21 heavy (non-hydrogen) atoms. The quantitative estimate of drug-likeness (QED) is 0.843. The Labute approximate surface area is 128 Å². The van der Waals surface area contributed by atoms with Gasteiger partial charge in [-0.15, -0.1) is 0 Å². The Hall–Kier alpha value is -0.910. The topological polar surface area (TPSA) is 46.6 Å². The number of rotatable bonds is 2. The van der Waals surface area contributed by atoms with Crippen LogP contribution in [0.3, 0.4) is 0 Å². The molecule has 0 aromatic heterocycles. The number of ether oxygens (including phenoxy) is 1. The molecule has 0 bridgehead atoms. The molecule has 1 aliphatic heterocycles. The molecule has 2 rings (SSSR count). The Bertz CT molecular complexity index is 642. The molecular weight excluding hydrogens is 286 g/mol. The fourth-order valence-electron chi connectivity index (χ4n) is 2.91. The monoisotopic (exact) mass is 311 g/mol. The molecule has 0 spiro atoms. The van der Waals surface area contributed by atoms with Crippen LogP contribution in [0.15, 0.2) is 11.0 Å². The van der Waals surface area contributed by atoms with Crippen LogP contribution in [0.25, 0.3) is 0 Å². The van der Waals surface area contributed by atoms with Crippen molar-refractivity contribution >= 4 is 10.0 Å². The standard InChI is InChI=1S/C16H25NO3S/c1-10-7-16(15(6)14(5)13(10)4)21(18,19)17-8-11(2)20-12(3)9-17/h7,11-12H,8-9H2,1-6H3/t11-,12-/m0/s1. The minimum Gasteiger partial charge on any atom is -0.373 e. The second-order valence-electron chi connectivity index (χ2n) is 6.15. The number of hydrogen-bond donors (Lipinski definition) is 0. The SMILES string of the molecule is Cc1cc(S(=O)(=O)N2C[C@H](C)O[C@@H](C)C2)c(C)c(C)c1C. The number of nitrogens with zero attached hydrogens (tertiary/aromatic N) is 1. The summed E-state index contributed by atoms with van der Waals surface area (Å²) in [6, 6.07) is 1.80. The van der Waals surface area contributed by atoms with Crippen molar-refractivity contribution in [3.05, 3.63) is 28.3 Å². The van der Waals surface area contributed by atoms with Gasteiger partial charge in [0.15, 0.2) is 0 Å². The summed E-state index contributed by atoms with van der Waals surface area (Å²) in [6.45, 7) is 12.5. The van der Waals surface area contributed by atoms with Gasteiger partial charge in [-0.3, -0.25) is 0 Å². The van der Waals surface area contributed by atoms with Crippen molar-refractivity contribution in [1.82, 2.24) is 4.31 Å². The predicted octanol–water partition coefficient (Wildman–Crippen LogP) is 2.72. The lowest BCUT2D eigenvalue weighted by atomic mass is 10.00. The molecule has 1 heterocycles. The fourth-order valence-corrected chi connectivity index (χ4v) is 4.87. The molecule has 1 aromatic carbocycles. The van der Waals surface area contributed by atoms with E-state index >= 15 is 0 Å². The van der Waals surface area contributed by atoms with E-state index in [-0.39, 0.29) is 12.2 Å². The highest BCUT2D eigenvalue weighted by Crippen LogP contribution is 2.28. The number of sulfonamides is 1. The van der Waals surface area contributed by atoms with Crippen LogP contribution in [-0.2, 0) is 14.8 Å². The predicted molar refractivity (Wildman–Crippen MR) is 84.2 cm³/mol. The third-order valence-electron chi connectivity index (χ3n) is 4.44. The third kappa shape index (κ3) is 3.00. The third-order valence-corrected chi connectivity index (χ3v) is 6.40. The zero-order chi connectivity index (χ0) is 15.9. The zero-order valence-electron chi connectivity index (χ0n) is 13.7. The van der Waals surface area contributed by atoms with E-state index < -0.39 is 10.0 Å². The van der Waals surface area contributed by atoms with E-state index in [0.29, 0.717) is 18.0 Å². The van der Waals surface area contributed by atoms with E-state index in [9.17, 15) is 8.42 Å². The Morgan fingerprint density at radius 2 is 1.52 bits per heavy atom. The average molecular weight is 311 g/mol. The molecule has 1 aliphatic rings. The van der Waals surface area contributed by atoms with E-state index in [4.69, 9.17) is 4.74 Å². The van der Waals surface area contributed by atoms with Crippen LogP contribution >= 0.6 is 0 Å². The van der Waals surface area contributed by atoms with Gasteiger partial charge < -0.3 is 4.74 Å². The largest absolute Gasteiger partial charge is 0.373 e. The fraction of sp³-hybridized carbons (Fsp3) is 0.625. The van der Waals surface area contributed by atoms with E-state index in [2.05, 4.69) is 0 Å². The van der Waals surface area contributed by atoms with Crippen molar-refractivity contribution in [2.45, 2.75) is 58.6 Å². The van der Waals surface area contributed by atoms with Crippen molar-refractivity contribution in [3.63, 3.8) is 0 Å². The zero-order valence-corrected chi connectivity index (χ0v) is 14.5. The highest BCUT2D eigenvalue weighted by atomic mass is 32.2. The molecule has 0 unspecified atom stereocenters. The molecule has 118 valence electrons. The second-order valence-corrected chi connectivity index (χ2v) is 8.05. The Balaban J connectivity index is 2.50. The summed E-state index contributed by atoms with van der Waals surface area (Å²) in [4.78, 5) is 0.435.